The van der Waals surface area contributed by atoms with E-state index in [1.165, 1.54) is 0 Å². The molecule has 0 aromatic carbocycles. The Hall–Kier alpha value is -3.08. The first-order valence-corrected chi connectivity index (χ1v) is 11.2. The van der Waals surface area contributed by atoms with E-state index in [1.54, 1.807) is 12.5 Å². The second kappa shape index (κ2) is 7.88. The van der Waals surface area contributed by atoms with Crippen LogP contribution in [-0.4, -0.2) is 53.4 Å². The molecule has 2 saturated carbocycles. The number of piperazine rings is 1. The summed E-state index contributed by atoms with van der Waals surface area (Å²) in [6.45, 7) is 2.62. The Morgan fingerprint density at radius 1 is 1.13 bits per heavy atom. The molecule has 2 aliphatic carbocycles. The smallest absolute Gasteiger partial charge is 0.226 e. The number of carbonyl (C=O) groups is 2. The fourth-order valence-electron chi connectivity index (χ4n) is 4.96. The van der Waals surface area contributed by atoms with Crippen LogP contribution in [0.1, 0.15) is 38.5 Å². The number of hydrogen-bond acceptors (Lipinski definition) is 6. The molecule has 0 spiro atoms. The van der Waals surface area contributed by atoms with Crippen LogP contribution < -0.4 is 10.2 Å². The van der Waals surface area contributed by atoms with Gasteiger partial charge in [-0.3, -0.25) is 9.59 Å². The third-order valence-electron chi connectivity index (χ3n) is 7.00. The van der Waals surface area contributed by atoms with Crippen molar-refractivity contribution in [2.45, 2.75) is 44.1 Å². The number of anilines is 1. The molecule has 8 nitrogen and oxygen atoms in total. The van der Waals surface area contributed by atoms with Gasteiger partial charge in [-0.05, 0) is 37.8 Å². The number of nitriles is 1. The van der Waals surface area contributed by atoms with E-state index >= 15 is 0 Å². The summed E-state index contributed by atoms with van der Waals surface area (Å²) in [5.74, 6) is 0.235. The van der Waals surface area contributed by atoms with Gasteiger partial charge in [0.1, 0.15) is 16.9 Å². The number of amides is 2. The van der Waals surface area contributed by atoms with Gasteiger partial charge in [0.05, 0.1) is 17.7 Å². The Labute approximate surface area is 181 Å². The quantitative estimate of drug-likeness (QED) is 0.814. The molecule has 3 aliphatic rings. The molecule has 162 valence electrons. The van der Waals surface area contributed by atoms with Crippen LogP contribution in [0.25, 0.3) is 11.0 Å². The topological polar surface area (TPSA) is 102 Å². The minimum absolute atomic E-state index is 0.0794. The summed E-state index contributed by atoms with van der Waals surface area (Å²) in [7, 11) is 0. The summed E-state index contributed by atoms with van der Waals surface area (Å²) in [5, 5.41) is 13.2. The second-order valence-electron chi connectivity index (χ2n) is 8.96. The molecule has 0 unspecified atom stereocenters. The zero-order chi connectivity index (χ0) is 21.4. The Morgan fingerprint density at radius 2 is 1.87 bits per heavy atom. The number of hydrogen-bond donors (Lipinski definition) is 1. The van der Waals surface area contributed by atoms with Crippen molar-refractivity contribution in [1.29, 1.82) is 5.26 Å². The van der Waals surface area contributed by atoms with E-state index in [2.05, 4.69) is 21.3 Å². The SMILES string of the molecule is N#CC1(NC(=O)[C@@H]2CCCC[C@H]2C(=O)N2CCN(c3nccc4occc34)CC2)CC1. The van der Waals surface area contributed by atoms with E-state index in [9.17, 15) is 14.9 Å². The van der Waals surface area contributed by atoms with Gasteiger partial charge in [-0.15, -0.1) is 0 Å². The molecular formula is C23H27N5O3. The molecule has 3 fully saturated rings. The lowest BCUT2D eigenvalue weighted by Gasteiger charge is -2.39. The molecule has 2 atom stereocenters. The van der Waals surface area contributed by atoms with E-state index in [1.807, 2.05) is 17.0 Å². The number of nitrogens with one attached hydrogen (secondary N) is 1. The van der Waals surface area contributed by atoms with Gasteiger partial charge in [-0.1, -0.05) is 12.8 Å². The zero-order valence-corrected chi connectivity index (χ0v) is 17.5. The van der Waals surface area contributed by atoms with Crippen LogP contribution in [0, 0.1) is 23.2 Å². The molecular weight excluding hydrogens is 394 g/mol. The van der Waals surface area contributed by atoms with Gasteiger partial charge >= 0.3 is 0 Å². The van der Waals surface area contributed by atoms with Crippen LogP contribution >= 0.6 is 0 Å². The predicted molar refractivity (Wildman–Crippen MR) is 114 cm³/mol. The lowest BCUT2D eigenvalue weighted by atomic mass is 9.77. The van der Waals surface area contributed by atoms with Crippen LogP contribution in [0.3, 0.4) is 0 Å². The van der Waals surface area contributed by atoms with E-state index in [0.717, 1.165) is 42.5 Å². The maximum Gasteiger partial charge on any atom is 0.226 e. The van der Waals surface area contributed by atoms with Crippen LogP contribution in [0.4, 0.5) is 5.82 Å². The highest BCUT2D eigenvalue weighted by Crippen LogP contribution is 2.37. The van der Waals surface area contributed by atoms with Gasteiger partial charge in [0.25, 0.3) is 0 Å². The number of carbonyl (C=O) groups excluding carboxylic acids is 2. The Morgan fingerprint density at radius 3 is 2.58 bits per heavy atom. The van der Waals surface area contributed by atoms with Gasteiger partial charge < -0.3 is 19.5 Å². The average molecular weight is 422 g/mol. The second-order valence-corrected chi connectivity index (χ2v) is 8.96. The minimum atomic E-state index is -0.686. The van der Waals surface area contributed by atoms with E-state index < -0.39 is 5.54 Å². The maximum atomic E-state index is 13.4. The molecule has 0 radical (unpaired) electrons. The number of aromatic nitrogens is 1. The van der Waals surface area contributed by atoms with Crippen molar-refractivity contribution in [2.24, 2.45) is 11.8 Å². The molecule has 3 heterocycles. The van der Waals surface area contributed by atoms with Crippen LogP contribution in [0.2, 0.25) is 0 Å². The van der Waals surface area contributed by atoms with Crippen molar-refractivity contribution in [1.82, 2.24) is 15.2 Å². The van der Waals surface area contributed by atoms with Gasteiger partial charge in [0.2, 0.25) is 11.8 Å². The van der Waals surface area contributed by atoms with E-state index in [0.29, 0.717) is 39.0 Å². The normalized spacial score (nSPS) is 25.1. The van der Waals surface area contributed by atoms with E-state index in [4.69, 9.17) is 4.42 Å². The average Bonchev–Trinajstić information content (AvgIpc) is 3.42. The minimum Gasteiger partial charge on any atom is -0.464 e. The Balaban J connectivity index is 1.24. The van der Waals surface area contributed by atoms with Crippen LogP contribution in [0.5, 0.6) is 0 Å². The molecule has 5 rings (SSSR count). The molecule has 1 aliphatic heterocycles. The highest BCUT2D eigenvalue weighted by molar-refractivity contribution is 5.90. The standard InChI is InChI=1S/C23H27N5O3/c24-15-23(7-8-23)26-21(29)16-3-1-2-4-17(16)22(30)28-12-10-27(11-13-28)20-18-6-14-31-19(18)5-9-25-20/h5-6,9,14,16-17H,1-4,7-8,10-13H2,(H,26,29)/t16-,17-/m1/s1. The maximum absolute atomic E-state index is 13.4. The summed E-state index contributed by atoms with van der Waals surface area (Å²) in [4.78, 5) is 34.9. The first-order chi connectivity index (χ1) is 15.1. The first-order valence-electron chi connectivity index (χ1n) is 11.2. The summed E-state index contributed by atoms with van der Waals surface area (Å²) in [5.41, 5.74) is 0.125. The van der Waals surface area contributed by atoms with Gasteiger partial charge in [0, 0.05) is 44.2 Å². The fourth-order valence-corrected chi connectivity index (χ4v) is 4.96. The molecule has 1 saturated heterocycles. The zero-order valence-electron chi connectivity index (χ0n) is 17.5. The third-order valence-corrected chi connectivity index (χ3v) is 7.00. The monoisotopic (exact) mass is 421 g/mol. The molecule has 2 aromatic heterocycles. The largest absolute Gasteiger partial charge is 0.464 e. The van der Waals surface area contributed by atoms with Crippen LogP contribution in [-0.2, 0) is 9.59 Å². The fraction of sp³-hybridized carbons (Fsp3) is 0.565. The highest BCUT2D eigenvalue weighted by Gasteiger charge is 2.47. The van der Waals surface area contributed by atoms with Crippen molar-refractivity contribution >= 4 is 28.6 Å². The van der Waals surface area contributed by atoms with Crippen molar-refractivity contribution in [3.05, 3.63) is 24.6 Å². The van der Waals surface area contributed by atoms with Gasteiger partial charge in [0.15, 0.2) is 0 Å². The van der Waals surface area contributed by atoms with Crippen LogP contribution in [0.15, 0.2) is 29.0 Å². The van der Waals surface area contributed by atoms with Crippen molar-refractivity contribution in [2.75, 3.05) is 31.1 Å². The lowest BCUT2D eigenvalue weighted by molar-refractivity contribution is -0.144. The number of fused-ring (bicyclic) bond motifs is 1. The number of nitrogens with zero attached hydrogens (tertiary/aromatic N) is 4. The molecule has 8 heteroatoms. The summed E-state index contributed by atoms with van der Waals surface area (Å²) < 4.78 is 5.48. The molecule has 2 amide bonds. The Kier molecular flexibility index (Phi) is 5.05. The number of pyridine rings is 1. The van der Waals surface area contributed by atoms with E-state index in [-0.39, 0.29) is 23.7 Å². The van der Waals surface area contributed by atoms with Gasteiger partial charge in [-0.25, -0.2) is 4.98 Å². The molecule has 1 N–H and O–H groups in total. The lowest BCUT2D eigenvalue weighted by Crippen LogP contribution is -2.53. The predicted octanol–water partition coefficient (Wildman–Crippen LogP) is 2.46. The first kappa shape index (κ1) is 19.9. The molecule has 0 bridgehead atoms. The summed E-state index contributed by atoms with van der Waals surface area (Å²) in [6.07, 6.45) is 8.22. The number of rotatable bonds is 4. The summed E-state index contributed by atoms with van der Waals surface area (Å²) >= 11 is 0. The highest BCUT2D eigenvalue weighted by atomic mass is 16.3. The van der Waals surface area contributed by atoms with Crippen molar-refractivity contribution in [3.8, 4) is 6.07 Å². The van der Waals surface area contributed by atoms with Crippen molar-refractivity contribution < 1.29 is 14.0 Å². The summed E-state index contributed by atoms with van der Waals surface area (Å²) in [6, 6.07) is 5.99. The number of furan rings is 1. The molecule has 2 aromatic rings. The third kappa shape index (κ3) is 3.73. The van der Waals surface area contributed by atoms with Gasteiger partial charge in [-0.2, -0.15) is 5.26 Å². The Bertz CT molecular complexity index is 1030. The van der Waals surface area contributed by atoms with Crippen molar-refractivity contribution in [3.63, 3.8) is 0 Å². The molecule has 31 heavy (non-hydrogen) atoms.